The number of aryl methyl sites for hydroxylation is 1. The minimum absolute atomic E-state index is 0.0274. The molecule has 1 aromatic heterocycles. The molecule has 2 N–H and O–H groups in total. The van der Waals surface area contributed by atoms with Crippen molar-refractivity contribution in [2.24, 2.45) is 0 Å². The van der Waals surface area contributed by atoms with Crippen LogP contribution >= 0.6 is 0 Å². The van der Waals surface area contributed by atoms with Crippen LogP contribution < -0.4 is 10.1 Å². The Bertz CT molecular complexity index is 1410. The number of aromatic nitrogens is 2. The van der Waals surface area contributed by atoms with Crippen LogP contribution in [0.4, 0.5) is 17.3 Å². The topological polar surface area (TPSA) is 143 Å². The molecule has 0 amide bonds. The number of nitrogens with zero attached hydrogens (tertiary/aromatic N) is 5. The van der Waals surface area contributed by atoms with Gasteiger partial charge in [-0.25, -0.2) is 9.97 Å². The van der Waals surface area contributed by atoms with Crippen LogP contribution in [0.3, 0.4) is 0 Å². The number of nitriles is 2. The molecule has 4 rings (SSSR count). The lowest BCUT2D eigenvalue weighted by atomic mass is 9.82. The summed E-state index contributed by atoms with van der Waals surface area (Å²) in [7, 11) is 1.23. The normalized spacial score (nSPS) is 16.2. The van der Waals surface area contributed by atoms with Gasteiger partial charge in [0.05, 0.1) is 22.9 Å². The summed E-state index contributed by atoms with van der Waals surface area (Å²) in [5.41, 5.74) is 2.85. The summed E-state index contributed by atoms with van der Waals surface area (Å²) in [6.07, 6.45) is 2.12. The molecule has 0 spiro atoms. The molecule has 0 saturated carbocycles. The number of aliphatic carboxylic acids is 1. The highest BCUT2D eigenvalue weighted by atomic mass is 16.4. The van der Waals surface area contributed by atoms with Crippen molar-refractivity contribution in [1.29, 1.82) is 10.5 Å². The van der Waals surface area contributed by atoms with E-state index in [-0.39, 0.29) is 18.1 Å². The zero-order valence-electron chi connectivity index (χ0n) is 18.4. The van der Waals surface area contributed by atoms with Crippen LogP contribution in [0.5, 0.6) is 0 Å². The molecular formula is C24H18BN6O3. The molecule has 3 aromatic rings. The maximum atomic E-state index is 12.2. The third kappa shape index (κ3) is 3.82. The third-order valence-corrected chi connectivity index (χ3v) is 5.88. The fourth-order valence-electron chi connectivity index (χ4n) is 4.01. The Morgan fingerprint density at radius 3 is 2.74 bits per heavy atom. The molecule has 0 aliphatic carbocycles. The van der Waals surface area contributed by atoms with Gasteiger partial charge in [0.25, 0.3) is 0 Å². The van der Waals surface area contributed by atoms with Gasteiger partial charge in [-0.3, -0.25) is 4.79 Å². The van der Waals surface area contributed by atoms with Crippen molar-refractivity contribution >= 4 is 36.9 Å². The number of hydrogen-bond acceptors (Lipinski definition) is 8. The maximum Gasteiger partial charge on any atom is 0.329 e. The molecule has 0 bridgehead atoms. The number of benzene rings is 2. The predicted octanol–water partition coefficient (Wildman–Crippen LogP) is 2.91. The van der Waals surface area contributed by atoms with Crippen molar-refractivity contribution in [2.45, 2.75) is 19.3 Å². The second-order valence-corrected chi connectivity index (χ2v) is 8.11. The van der Waals surface area contributed by atoms with Crippen molar-refractivity contribution < 1.29 is 14.7 Å². The molecule has 0 saturated heterocycles. The lowest BCUT2D eigenvalue weighted by molar-refractivity contribution is -0.142. The lowest BCUT2D eigenvalue weighted by Crippen LogP contribution is -2.39. The minimum Gasteiger partial charge on any atom is -0.481 e. The molecule has 2 aromatic carbocycles. The van der Waals surface area contributed by atoms with Crippen LogP contribution in [-0.4, -0.2) is 41.2 Å². The van der Waals surface area contributed by atoms with Gasteiger partial charge in [0.15, 0.2) is 0 Å². The molecule has 165 valence electrons. The molecule has 1 atom stereocenters. The number of carboxylic acid groups (broad SMARTS) is 1. The molecule has 1 radical (unpaired) electrons. The number of carboxylic acids is 1. The minimum atomic E-state index is -1.32. The van der Waals surface area contributed by atoms with E-state index in [4.69, 9.17) is 5.26 Å². The summed E-state index contributed by atoms with van der Waals surface area (Å²) < 4.78 is 0. The zero-order valence-corrected chi connectivity index (χ0v) is 18.4. The monoisotopic (exact) mass is 449 g/mol. The second-order valence-electron chi connectivity index (χ2n) is 8.11. The summed E-state index contributed by atoms with van der Waals surface area (Å²) in [6, 6.07) is 14.4. The first-order valence-electron chi connectivity index (χ1n) is 10.3. The quantitative estimate of drug-likeness (QED) is 0.429. The van der Waals surface area contributed by atoms with Crippen molar-refractivity contribution in [3.05, 3.63) is 64.8 Å². The first-order valence-corrected chi connectivity index (χ1v) is 10.3. The van der Waals surface area contributed by atoms with Crippen LogP contribution in [0.2, 0.25) is 0 Å². The predicted molar refractivity (Wildman–Crippen MR) is 126 cm³/mol. The number of fused-ring (bicyclic) bond motifs is 1. The van der Waals surface area contributed by atoms with Crippen LogP contribution in [0.1, 0.15) is 29.2 Å². The summed E-state index contributed by atoms with van der Waals surface area (Å²) in [6.45, 7) is 3.48. The maximum absolute atomic E-state index is 12.2. The van der Waals surface area contributed by atoms with Gasteiger partial charge in [0.1, 0.15) is 17.7 Å². The van der Waals surface area contributed by atoms with Gasteiger partial charge < -0.3 is 20.0 Å². The Labute approximate surface area is 196 Å². The van der Waals surface area contributed by atoms with E-state index in [1.807, 2.05) is 13.0 Å². The van der Waals surface area contributed by atoms with Gasteiger partial charge in [-0.1, -0.05) is 6.07 Å². The molecule has 1 aliphatic rings. The molecule has 1 aliphatic heterocycles. The zero-order chi connectivity index (χ0) is 24.5. The highest BCUT2D eigenvalue weighted by molar-refractivity contribution is 6.70. The third-order valence-electron chi connectivity index (χ3n) is 5.88. The average molecular weight is 449 g/mol. The number of nitrogens with one attached hydrogen (secondary N) is 1. The molecule has 0 fully saturated rings. The smallest absolute Gasteiger partial charge is 0.329 e. The van der Waals surface area contributed by atoms with E-state index in [2.05, 4.69) is 27.4 Å². The van der Waals surface area contributed by atoms with Crippen molar-refractivity contribution in [3.63, 3.8) is 0 Å². The number of carbonyl (C=O) groups is 2. The van der Waals surface area contributed by atoms with Crippen molar-refractivity contribution in [3.8, 4) is 23.4 Å². The van der Waals surface area contributed by atoms with Gasteiger partial charge >= 0.3 is 13.4 Å². The van der Waals surface area contributed by atoms with Crippen LogP contribution in [0.15, 0.2) is 42.6 Å². The Kier molecular flexibility index (Phi) is 5.74. The fraction of sp³-hybridized carbons (Fsp3) is 0.167. The number of carbonyl (C=O) groups excluding carboxylic acids is 1. The SMILES string of the molecule is Cc1ccc(C#N)cc1Nc1nccc(-c2cc(C#N)c3c(c2)[C@@](C)(C(=O)O)CN3[B]C=O)n1. The van der Waals surface area contributed by atoms with E-state index < -0.39 is 11.4 Å². The van der Waals surface area contributed by atoms with E-state index in [1.165, 1.54) is 12.2 Å². The molecule has 10 heteroatoms. The Morgan fingerprint density at radius 1 is 1.26 bits per heavy atom. The largest absolute Gasteiger partial charge is 0.481 e. The summed E-state index contributed by atoms with van der Waals surface area (Å²) in [5, 5.41) is 32.0. The molecule has 2 heterocycles. The highest BCUT2D eigenvalue weighted by Crippen LogP contribution is 2.44. The van der Waals surface area contributed by atoms with Gasteiger partial charge in [-0.05, 0) is 55.3 Å². The van der Waals surface area contributed by atoms with Crippen LogP contribution in [-0.2, 0) is 15.0 Å². The second kappa shape index (κ2) is 8.68. The molecular weight excluding hydrogens is 431 g/mol. The van der Waals surface area contributed by atoms with Gasteiger partial charge in [0, 0.05) is 29.7 Å². The fourth-order valence-corrected chi connectivity index (χ4v) is 4.01. The van der Waals surface area contributed by atoms with Crippen molar-refractivity contribution in [2.75, 3.05) is 16.7 Å². The summed E-state index contributed by atoms with van der Waals surface area (Å²) >= 11 is 0. The Hall–Kier alpha value is -4.70. The van der Waals surface area contributed by atoms with Crippen LogP contribution in [0, 0.1) is 29.6 Å². The van der Waals surface area contributed by atoms with Gasteiger partial charge in [-0.2, -0.15) is 10.5 Å². The molecule has 9 nitrogen and oxygen atoms in total. The molecule has 0 unspecified atom stereocenters. The lowest BCUT2D eigenvalue weighted by Gasteiger charge is -2.20. The number of hydrogen-bond donors (Lipinski definition) is 2. The van der Waals surface area contributed by atoms with E-state index in [0.29, 0.717) is 39.9 Å². The van der Waals surface area contributed by atoms with Gasteiger partial charge in [0.2, 0.25) is 5.95 Å². The van der Waals surface area contributed by atoms with E-state index in [9.17, 15) is 20.0 Å². The van der Waals surface area contributed by atoms with Crippen LogP contribution in [0.25, 0.3) is 11.3 Å². The first kappa shape index (κ1) is 22.5. The molecule has 34 heavy (non-hydrogen) atoms. The van der Waals surface area contributed by atoms with Gasteiger partial charge in [-0.15, -0.1) is 0 Å². The Morgan fingerprint density at radius 2 is 2.06 bits per heavy atom. The number of anilines is 3. The van der Waals surface area contributed by atoms with E-state index >= 15 is 0 Å². The van der Waals surface area contributed by atoms with E-state index in [0.717, 1.165) is 5.56 Å². The average Bonchev–Trinajstić information content (AvgIpc) is 3.13. The summed E-state index contributed by atoms with van der Waals surface area (Å²) in [4.78, 5) is 33.6. The highest BCUT2D eigenvalue weighted by Gasteiger charge is 2.46. The first-order chi connectivity index (χ1) is 16.3. The standard InChI is InChI=1S/C24H18BN6O3/c1-14-3-4-15(10-26)7-20(14)30-23-28-6-5-19(29-23)16-8-17(11-27)21-18(9-16)24(2,22(33)34)12-31(21)25-13-32/h3-9,13H,12H2,1-2H3,(H,33,34)(H,28,29,30)/t24-/m0/s1. The number of rotatable bonds is 6. The Balaban J connectivity index is 1.80. The summed E-state index contributed by atoms with van der Waals surface area (Å²) in [5.74, 6) is -0.777. The van der Waals surface area contributed by atoms with E-state index in [1.54, 1.807) is 43.5 Å². The van der Waals surface area contributed by atoms with Crippen molar-refractivity contribution in [1.82, 2.24) is 9.97 Å².